The van der Waals surface area contributed by atoms with E-state index in [1.54, 1.807) is 11.1 Å². The van der Waals surface area contributed by atoms with Crippen LogP contribution >= 0.6 is 0 Å². The molecule has 8 aromatic carbocycles. The quantitative estimate of drug-likeness (QED) is 0.0698. The van der Waals surface area contributed by atoms with Crippen molar-refractivity contribution in [3.63, 3.8) is 0 Å². The minimum absolute atomic E-state index is 0.0406. The predicted octanol–water partition coefficient (Wildman–Crippen LogP) is 19.7. The largest absolute Gasteiger partial charge is 0.378 e. The summed E-state index contributed by atoms with van der Waals surface area (Å²) in [6, 6.07) is 56.1. The van der Waals surface area contributed by atoms with Gasteiger partial charge in [0.2, 0.25) is 0 Å². The van der Waals surface area contributed by atoms with Crippen molar-refractivity contribution in [2.45, 2.75) is 229 Å². The first-order valence-corrected chi connectivity index (χ1v) is 38.5. The molecule has 4 aliphatic carbocycles. The number of benzene rings is 8. The summed E-state index contributed by atoms with van der Waals surface area (Å²) in [6.45, 7) is 25.1. The molecular weight excluding hydrogens is 1230 g/mol. The van der Waals surface area contributed by atoms with E-state index in [0.29, 0.717) is 48.8 Å². The molecule has 8 saturated heterocycles. The minimum Gasteiger partial charge on any atom is -0.378 e. The van der Waals surface area contributed by atoms with Crippen LogP contribution in [0.25, 0.3) is 44.5 Å². The number of rotatable bonds is 20. The Morgan fingerprint density at radius 2 is 0.410 bits per heavy atom. The summed E-state index contributed by atoms with van der Waals surface area (Å²) in [6.07, 6.45) is 22.0. The van der Waals surface area contributed by atoms with Gasteiger partial charge in [-0.1, -0.05) is 190 Å². The summed E-state index contributed by atoms with van der Waals surface area (Å²) >= 11 is 0. The molecular formula is C92H104O8. The van der Waals surface area contributed by atoms with E-state index in [9.17, 15) is 0 Å². The average Bonchev–Trinajstić information content (AvgIpc) is 1.59. The monoisotopic (exact) mass is 1340 g/mol. The van der Waals surface area contributed by atoms with Crippen molar-refractivity contribution in [2.24, 2.45) is 0 Å². The van der Waals surface area contributed by atoms with Gasteiger partial charge in [-0.25, -0.2) is 0 Å². The molecule has 8 atom stereocenters. The Kier molecular flexibility index (Phi) is 17.9. The number of epoxide rings is 4. The summed E-state index contributed by atoms with van der Waals surface area (Å²) in [5.41, 5.74) is 34.7. The first-order chi connectivity index (χ1) is 48.6. The molecule has 0 saturated carbocycles. The van der Waals surface area contributed by atoms with Crippen molar-refractivity contribution in [1.82, 2.24) is 0 Å². The second-order valence-electron chi connectivity index (χ2n) is 32.6. The smallest absolute Gasteiger partial charge is 0.0821 e. The number of aryl methyl sites for hydroxylation is 8. The molecule has 8 fully saturated rings. The Morgan fingerprint density at radius 3 is 0.590 bits per heavy atom. The van der Waals surface area contributed by atoms with Crippen LogP contribution in [0.5, 0.6) is 0 Å². The molecule has 8 aromatic rings. The van der Waals surface area contributed by atoms with E-state index in [-0.39, 0.29) is 21.7 Å². The van der Waals surface area contributed by atoms with Gasteiger partial charge in [0, 0.05) is 48.1 Å². The number of ether oxygens (including phenoxy) is 8. The Morgan fingerprint density at radius 1 is 0.230 bits per heavy atom. The lowest BCUT2D eigenvalue weighted by Gasteiger charge is -2.42. The zero-order chi connectivity index (χ0) is 68.1. The molecule has 100 heavy (non-hydrogen) atoms. The van der Waals surface area contributed by atoms with E-state index in [4.69, 9.17) is 37.9 Å². The van der Waals surface area contributed by atoms with E-state index in [0.717, 1.165) is 104 Å². The zero-order valence-corrected chi connectivity index (χ0v) is 60.7. The van der Waals surface area contributed by atoms with Crippen LogP contribution in [0.1, 0.15) is 192 Å². The van der Waals surface area contributed by atoms with Gasteiger partial charge in [-0.2, -0.15) is 0 Å². The van der Waals surface area contributed by atoms with Crippen LogP contribution in [0.4, 0.5) is 0 Å². The second-order valence-corrected chi connectivity index (χ2v) is 32.6. The number of hydrogen-bond donors (Lipinski definition) is 0. The third-order valence-electron chi connectivity index (χ3n) is 25.3. The number of hydrogen-bond acceptors (Lipinski definition) is 8. The molecule has 0 N–H and O–H groups in total. The molecule has 12 aliphatic rings. The fourth-order valence-corrected chi connectivity index (χ4v) is 19.2. The highest BCUT2D eigenvalue weighted by Crippen LogP contribution is 2.60. The lowest BCUT2D eigenvalue weighted by Crippen LogP contribution is -2.42. The fourth-order valence-electron chi connectivity index (χ4n) is 19.2. The summed E-state index contributed by atoms with van der Waals surface area (Å²) in [4.78, 5) is 0. The van der Waals surface area contributed by atoms with Gasteiger partial charge in [0.15, 0.2) is 0 Å². The maximum Gasteiger partial charge on any atom is 0.0821 e. The Balaban J connectivity index is 0.0000000998. The van der Waals surface area contributed by atoms with Gasteiger partial charge in [0.05, 0.1) is 75.3 Å². The maximum atomic E-state index is 5.90. The summed E-state index contributed by atoms with van der Waals surface area (Å²) in [5, 5.41) is 0. The van der Waals surface area contributed by atoms with Gasteiger partial charge in [0.1, 0.15) is 0 Å². The summed E-state index contributed by atoms with van der Waals surface area (Å²) in [5.74, 6) is 0. The Hall–Kier alpha value is -6.56. The average molecular weight is 1340 g/mol. The van der Waals surface area contributed by atoms with Gasteiger partial charge in [-0.3, -0.25) is 0 Å². The van der Waals surface area contributed by atoms with Gasteiger partial charge >= 0.3 is 0 Å². The van der Waals surface area contributed by atoms with Crippen LogP contribution in [0.2, 0.25) is 0 Å². The van der Waals surface area contributed by atoms with E-state index >= 15 is 0 Å². The molecule has 20 rings (SSSR count). The first kappa shape index (κ1) is 66.7. The summed E-state index contributed by atoms with van der Waals surface area (Å²) in [7, 11) is 0. The number of fused-ring (bicyclic) bond motifs is 12. The Bertz CT molecular complexity index is 4090. The highest BCUT2D eigenvalue weighted by molar-refractivity contribution is 5.85. The SMILES string of the molecule is Cc1ccc2c(c1)C(CC1CCO1)(CC1CCO1)c1cc(C)ccc1-2.Cc1ccc2c(c1)C(CC1CO1)(CC1CO1)c1cc(C)ccc1-2.Cc1ccc2c(c1)C(CCC1CCO1)(CCC1CCO1)c1cc(C)ccc1-2.Cc1ccc2c(c1)C(CCC1CO1)(CCC1CO1)c1cc(C)ccc1-2. The molecule has 8 nitrogen and oxygen atoms in total. The van der Waals surface area contributed by atoms with E-state index in [1.165, 1.54) is 174 Å². The molecule has 8 heteroatoms. The molecule has 0 spiro atoms. The van der Waals surface area contributed by atoms with Crippen molar-refractivity contribution >= 4 is 0 Å². The van der Waals surface area contributed by atoms with E-state index in [2.05, 4.69) is 201 Å². The second kappa shape index (κ2) is 26.9. The fraction of sp³-hybridized carbons (Fsp3) is 0.478. The Labute approximate surface area is 595 Å². The van der Waals surface area contributed by atoms with Gasteiger partial charge < -0.3 is 37.9 Å². The molecule has 8 unspecified atom stereocenters. The minimum atomic E-state index is 0.0406. The normalized spacial score (nSPS) is 25.2. The lowest BCUT2D eigenvalue weighted by atomic mass is 9.68. The third kappa shape index (κ3) is 12.8. The van der Waals surface area contributed by atoms with Gasteiger partial charge in [-0.15, -0.1) is 0 Å². The van der Waals surface area contributed by atoms with Crippen molar-refractivity contribution in [3.05, 3.63) is 235 Å². The van der Waals surface area contributed by atoms with Crippen LogP contribution in [0.3, 0.4) is 0 Å². The lowest BCUT2D eigenvalue weighted by molar-refractivity contribution is -0.0859. The van der Waals surface area contributed by atoms with Crippen LogP contribution in [-0.2, 0) is 59.6 Å². The third-order valence-corrected chi connectivity index (χ3v) is 25.3. The van der Waals surface area contributed by atoms with Gasteiger partial charge in [-0.05, 0) is 247 Å². The topological polar surface area (TPSA) is 87.0 Å². The van der Waals surface area contributed by atoms with Crippen molar-refractivity contribution in [2.75, 3.05) is 52.9 Å². The molecule has 0 radical (unpaired) electrons. The van der Waals surface area contributed by atoms with Crippen LogP contribution < -0.4 is 0 Å². The van der Waals surface area contributed by atoms with Crippen molar-refractivity contribution in [1.29, 1.82) is 0 Å². The summed E-state index contributed by atoms with van der Waals surface area (Å²) < 4.78 is 45.8. The van der Waals surface area contributed by atoms with E-state index < -0.39 is 0 Å². The highest BCUT2D eigenvalue weighted by atomic mass is 16.6. The van der Waals surface area contributed by atoms with Crippen molar-refractivity contribution in [3.8, 4) is 44.5 Å². The molecule has 0 amide bonds. The zero-order valence-electron chi connectivity index (χ0n) is 60.7. The molecule has 520 valence electrons. The van der Waals surface area contributed by atoms with Crippen LogP contribution in [0.15, 0.2) is 146 Å². The predicted molar refractivity (Wildman–Crippen MR) is 400 cm³/mol. The molecule has 8 aliphatic heterocycles. The van der Waals surface area contributed by atoms with Gasteiger partial charge in [0.25, 0.3) is 0 Å². The van der Waals surface area contributed by atoms with Crippen LogP contribution in [-0.4, -0.2) is 102 Å². The van der Waals surface area contributed by atoms with E-state index in [1.807, 2.05) is 0 Å². The highest BCUT2D eigenvalue weighted by Gasteiger charge is 2.52. The standard InChI is InChI=1S/C25H30O2.2C23H26O2.C21H22O2/c1-17-3-5-21-22-6-4-18(2)16-24(22)25(23(21)15-17,11-7-19-9-13-26-19)12-8-20-10-14-27-20;1-15-3-5-19-20-6-4-16(2)12-22(20)23(21(19)11-15,13-17-7-9-24-17)14-18-8-10-25-18;1-15-3-5-19-20-6-4-16(2)12-22(20)23(21(19)11-15,9-7-17-13-24-17)10-8-18-14-25-18;1-13-3-5-17-18-6-4-14(2)8-20(18)21(19(17)7-13,9-15-11-22-15)10-16-12-23-16/h3-6,15-16,19-20H,7-14H2,1-2H3;2*3-6,11-12,17-18H,7-10,13-14H2,1-2H3;3-8,15-16H,9-12H2,1-2H3. The first-order valence-electron chi connectivity index (χ1n) is 38.5. The maximum absolute atomic E-state index is 5.90. The molecule has 0 aromatic heterocycles. The van der Waals surface area contributed by atoms with Crippen molar-refractivity contribution < 1.29 is 37.9 Å². The molecule has 0 bridgehead atoms. The molecule has 8 heterocycles. The van der Waals surface area contributed by atoms with Crippen LogP contribution in [0, 0.1) is 55.4 Å².